The van der Waals surface area contributed by atoms with Crippen molar-refractivity contribution in [3.8, 4) is 0 Å². The number of carbonyl (C=O) groups is 2. The number of ether oxygens (including phenoxy) is 1. The number of thioether (sulfide) groups is 1. The zero-order chi connectivity index (χ0) is 22.9. The Morgan fingerprint density at radius 2 is 2.16 bits per heavy atom. The number of fused-ring (bicyclic) bond motifs is 1. The maximum atomic E-state index is 12.9. The SMILES string of the molecule is CCCCOC(=O)C(Cc1c[nH]c2ccccc12)NC(=O)c1csc(C(N)CCSC)n1. The van der Waals surface area contributed by atoms with Gasteiger partial charge in [-0.3, -0.25) is 4.79 Å². The highest BCUT2D eigenvalue weighted by atomic mass is 32.2. The van der Waals surface area contributed by atoms with E-state index in [0.29, 0.717) is 13.0 Å². The van der Waals surface area contributed by atoms with E-state index in [1.807, 2.05) is 43.6 Å². The first-order valence-electron chi connectivity index (χ1n) is 10.8. The molecule has 2 atom stereocenters. The van der Waals surface area contributed by atoms with Crippen molar-refractivity contribution in [1.29, 1.82) is 0 Å². The van der Waals surface area contributed by atoms with E-state index in [2.05, 4.69) is 15.3 Å². The molecule has 0 bridgehead atoms. The fourth-order valence-corrected chi connectivity index (χ4v) is 4.62. The first-order valence-corrected chi connectivity index (χ1v) is 13.0. The number of carbonyl (C=O) groups excluding carboxylic acids is 2. The van der Waals surface area contributed by atoms with E-state index < -0.39 is 17.9 Å². The molecule has 172 valence electrons. The van der Waals surface area contributed by atoms with Gasteiger partial charge < -0.3 is 20.8 Å². The van der Waals surface area contributed by atoms with Gasteiger partial charge in [0.1, 0.15) is 16.7 Å². The topological polar surface area (TPSA) is 110 Å². The second-order valence-corrected chi connectivity index (χ2v) is 9.44. The van der Waals surface area contributed by atoms with Crippen LogP contribution in [-0.4, -0.2) is 46.5 Å². The fourth-order valence-electron chi connectivity index (χ4n) is 3.29. The molecule has 1 aromatic carbocycles. The molecule has 0 spiro atoms. The van der Waals surface area contributed by atoms with Gasteiger partial charge in [0.05, 0.1) is 12.6 Å². The smallest absolute Gasteiger partial charge is 0.328 e. The van der Waals surface area contributed by atoms with Crippen molar-refractivity contribution in [2.75, 3.05) is 18.6 Å². The van der Waals surface area contributed by atoms with Gasteiger partial charge in [-0.15, -0.1) is 11.3 Å². The Morgan fingerprint density at radius 3 is 2.94 bits per heavy atom. The average molecular weight is 475 g/mol. The normalized spacial score (nSPS) is 13.1. The Kier molecular flexibility index (Phi) is 9.13. The molecule has 2 unspecified atom stereocenters. The Labute approximate surface area is 196 Å². The number of aromatic amines is 1. The minimum Gasteiger partial charge on any atom is -0.464 e. The molecule has 0 saturated carbocycles. The summed E-state index contributed by atoms with van der Waals surface area (Å²) in [5.74, 6) is 0.0875. The molecule has 0 aliphatic heterocycles. The lowest BCUT2D eigenvalue weighted by molar-refractivity contribution is -0.146. The summed E-state index contributed by atoms with van der Waals surface area (Å²) in [6, 6.07) is 6.85. The largest absolute Gasteiger partial charge is 0.464 e. The summed E-state index contributed by atoms with van der Waals surface area (Å²) < 4.78 is 5.43. The molecule has 32 heavy (non-hydrogen) atoms. The van der Waals surface area contributed by atoms with E-state index >= 15 is 0 Å². The van der Waals surface area contributed by atoms with Gasteiger partial charge in [0.25, 0.3) is 5.91 Å². The molecule has 3 aromatic rings. The number of H-pyrrole nitrogens is 1. The fraction of sp³-hybridized carbons (Fsp3) is 0.435. The van der Waals surface area contributed by atoms with E-state index in [-0.39, 0.29) is 11.7 Å². The third-order valence-corrected chi connectivity index (χ3v) is 6.76. The third-order valence-electron chi connectivity index (χ3n) is 5.14. The van der Waals surface area contributed by atoms with E-state index in [1.54, 1.807) is 17.1 Å². The summed E-state index contributed by atoms with van der Waals surface area (Å²) in [7, 11) is 0. The van der Waals surface area contributed by atoms with Gasteiger partial charge in [-0.25, -0.2) is 9.78 Å². The maximum absolute atomic E-state index is 12.9. The summed E-state index contributed by atoms with van der Waals surface area (Å²) >= 11 is 3.09. The number of nitrogens with one attached hydrogen (secondary N) is 2. The third kappa shape index (κ3) is 6.34. The first-order chi connectivity index (χ1) is 15.5. The Hall–Kier alpha value is -2.36. The lowest BCUT2D eigenvalue weighted by Crippen LogP contribution is -2.43. The van der Waals surface area contributed by atoms with Crippen molar-refractivity contribution >= 4 is 45.9 Å². The highest BCUT2D eigenvalue weighted by Crippen LogP contribution is 2.22. The molecule has 0 radical (unpaired) electrons. The highest BCUT2D eigenvalue weighted by molar-refractivity contribution is 7.98. The van der Waals surface area contributed by atoms with Gasteiger partial charge in [-0.05, 0) is 36.5 Å². The van der Waals surface area contributed by atoms with Crippen LogP contribution in [0.1, 0.15) is 53.3 Å². The van der Waals surface area contributed by atoms with E-state index in [0.717, 1.165) is 46.5 Å². The molecule has 2 heterocycles. The number of para-hydroxylation sites is 1. The van der Waals surface area contributed by atoms with Gasteiger partial charge in [0.15, 0.2) is 0 Å². The lowest BCUT2D eigenvalue weighted by atomic mass is 10.0. The summed E-state index contributed by atoms with van der Waals surface area (Å²) in [5, 5.41) is 6.26. The van der Waals surface area contributed by atoms with Crippen LogP contribution >= 0.6 is 23.1 Å². The number of amides is 1. The summed E-state index contributed by atoms with van der Waals surface area (Å²) in [6.07, 6.45) is 6.72. The van der Waals surface area contributed by atoms with Crippen molar-refractivity contribution in [2.45, 2.75) is 44.7 Å². The Balaban J connectivity index is 1.74. The number of benzene rings is 1. The molecule has 4 N–H and O–H groups in total. The van der Waals surface area contributed by atoms with E-state index in [1.165, 1.54) is 11.3 Å². The first kappa shape index (κ1) is 24.3. The number of thiazole rings is 1. The zero-order valence-electron chi connectivity index (χ0n) is 18.4. The van der Waals surface area contributed by atoms with E-state index in [4.69, 9.17) is 10.5 Å². The standard InChI is InChI=1S/C23H30N4O3S2/c1-3-4-10-30-23(29)19(12-15-13-25-18-8-6-5-7-16(15)18)26-21(28)20-14-32-22(27-20)17(24)9-11-31-2/h5-8,13-14,17,19,25H,3-4,9-12,24H2,1-2H3,(H,26,28). The average Bonchev–Trinajstić information content (AvgIpc) is 3.45. The maximum Gasteiger partial charge on any atom is 0.328 e. The number of hydrogen-bond donors (Lipinski definition) is 3. The summed E-state index contributed by atoms with van der Waals surface area (Å²) in [4.78, 5) is 33.3. The van der Waals surface area contributed by atoms with Gasteiger partial charge >= 0.3 is 5.97 Å². The van der Waals surface area contributed by atoms with Crippen LogP contribution in [0.15, 0.2) is 35.8 Å². The highest BCUT2D eigenvalue weighted by Gasteiger charge is 2.26. The molecule has 0 saturated heterocycles. The van der Waals surface area contributed by atoms with Crippen molar-refractivity contribution in [3.05, 3.63) is 52.1 Å². The Bertz CT molecular complexity index is 1030. The van der Waals surface area contributed by atoms with Crippen molar-refractivity contribution in [3.63, 3.8) is 0 Å². The number of nitrogens with two attached hydrogens (primary N) is 1. The monoisotopic (exact) mass is 474 g/mol. The van der Waals surface area contributed by atoms with Gasteiger partial charge in [-0.1, -0.05) is 31.5 Å². The summed E-state index contributed by atoms with van der Waals surface area (Å²) in [5.41, 5.74) is 8.38. The molecule has 1 amide bonds. The van der Waals surface area contributed by atoms with Gasteiger partial charge in [0.2, 0.25) is 0 Å². The molecule has 0 aliphatic carbocycles. The quantitative estimate of drug-likeness (QED) is 0.270. The molecular weight excluding hydrogens is 444 g/mol. The number of esters is 1. The zero-order valence-corrected chi connectivity index (χ0v) is 20.1. The van der Waals surface area contributed by atoms with Crippen LogP contribution in [0.5, 0.6) is 0 Å². The second kappa shape index (κ2) is 12.0. The summed E-state index contributed by atoms with van der Waals surface area (Å²) in [6.45, 7) is 2.36. The van der Waals surface area contributed by atoms with Crippen molar-refractivity contribution in [2.24, 2.45) is 5.73 Å². The van der Waals surface area contributed by atoms with Crippen LogP contribution in [0.25, 0.3) is 10.9 Å². The minimum absolute atomic E-state index is 0.199. The molecule has 0 aliphatic rings. The number of unbranched alkanes of at least 4 members (excludes halogenated alkanes) is 1. The van der Waals surface area contributed by atoms with Crippen LogP contribution in [0.4, 0.5) is 0 Å². The lowest BCUT2D eigenvalue weighted by Gasteiger charge is -2.17. The molecule has 3 rings (SSSR count). The molecule has 0 fully saturated rings. The van der Waals surface area contributed by atoms with Crippen LogP contribution in [0.2, 0.25) is 0 Å². The number of aromatic nitrogens is 2. The van der Waals surface area contributed by atoms with Gasteiger partial charge in [-0.2, -0.15) is 11.8 Å². The second-order valence-electron chi connectivity index (χ2n) is 7.57. The molecule has 9 heteroatoms. The predicted octanol–water partition coefficient (Wildman–Crippen LogP) is 4.06. The Morgan fingerprint density at radius 1 is 1.34 bits per heavy atom. The van der Waals surface area contributed by atoms with Gasteiger partial charge in [0, 0.05) is 28.9 Å². The number of hydrogen-bond acceptors (Lipinski definition) is 7. The van der Waals surface area contributed by atoms with Crippen molar-refractivity contribution < 1.29 is 14.3 Å². The molecule has 2 aromatic heterocycles. The number of nitrogens with zero attached hydrogens (tertiary/aromatic N) is 1. The predicted molar refractivity (Wildman–Crippen MR) is 131 cm³/mol. The van der Waals surface area contributed by atoms with Crippen LogP contribution in [-0.2, 0) is 16.0 Å². The van der Waals surface area contributed by atoms with Crippen molar-refractivity contribution in [1.82, 2.24) is 15.3 Å². The van der Waals surface area contributed by atoms with E-state index in [9.17, 15) is 9.59 Å². The number of rotatable bonds is 12. The van der Waals surface area contributed by atoms with Crippen LogP contribution in [0, 0.1) is 0 Å². The molecule has 7 nitrogen and oxygen atoms in total. The van der Waals surface area contributed by atoms with Crippen LogP contribution in [0.3, 0.4) is 0 Å². The minimum atomic E-state index is -0.811. The molecular formula is C23H30N4O3S2. The van der Waals surface area contributed by atoms with Crippen LogP contribution < -0.4 is 11.1 Å².